The Hall–Kier alpha value is -0.410. The van der Waals surface area contributed by atoms with Gasteiger partial charge in [0.05, 0.1) is 11.6 Å². The van der Waals surface area contributed by atoms with Crippen molar-refractivity contribution >= 4 is 11.8 Å². The van der Waals surface area contributed by atoms with Crippen molar-refractivity contribution in [1.29, 1.82) is 0 Å². The third-order valence-corrected chi connectivity index (χ3v) is 2.88. The highest BCUT2D eigenvalue weighted by Gasteiger charge is 2.19. The molecule has 2 heterocycles. The van der Waals surface area contributed by atoms with Gasteiger partial charge >= 0.3 is 0 Å². The van der Waals surface area contributed by atoms with Gasteiger partial charge in [-0.15, -0.1) is 11.8 Å². The van der Waals surface area contributed by atoms with E-state index in [4.69, 9.17) is 4.74 Å². The fourth-order valence-electron chi connectivity index (χ4n) is 1.14. The Labute approximate surface area is 70.7 Å². The molecule has 1 N–H and O–H groups in total. The van der Waals surface area contributed by atoms with E-state index in [0.717, 1.165) is 6.54 Å². The first-order valence-electron chi connectivity index (χ1n) is 3.67. The van der Waals surface area contributed by atoms with Crippen molar-refractivity contribution in [3.8, 4) is 0 Å². The van der Waals surface area contributed by atoms with Crippen molar-refractivity contribution in [2.75, 3.05) is 12.3 Å². The Balaban J connectivity index is 2.02. The topological polar surface area (TPSA) is 21.3 Å². The lowest BCUT2D eigenvalue weighted by atomic mass is 10.2. The summed E-state index contributed by atoms with van der Waals surface area (Å²) < 4.78 is 5.07. The molecule has 1 fully saturated rings. The molecule has 2 aliphatic rings. The normalized spacial score (nSPS) is 29.8. The Kier molecular flexibility index (Phi) is 2.19. The lowest BCUT2D eigenvalue weighted by Gasteiger charge is -2.14. The van der Waals surface area contributed by atoms with E-state index in [9.17, 15) is 0 Å². The maximum atomic E-state index is 5.07. The van der Waals surface area contributed by atoms with Crippen LogP contribution >= 0.6 is 11.8 Å². The first-order chi connectivity index (χ1) is 5.47. The molecule has 2 nitrogen and oxygen atoms in total. The van der Waals surface area contributed by atoms with Crippen molar-refractivity contribution in [3.05, 3.63) is 30.6 Å². The van der Waals surface area contributed by atoms with Crippen LogP contribution in [0.1, 0.15) is 0 Å². The van der Waals surface area contributed by atoms with E-state index in [-0.39, 0.29) is 0 Å². The highest BCUT2D eigenvalue weighted by atomic mass is 32.2. The summed E-state index contributed by atoms with van der Waals surface area (Å²) in [6.45, 7) is 2.90. The molecule has 0 aromatic heterocycles. The molecule has 3 heteroatoms. The van der Waals surface area contributed by atoms with Gasteiger partial charge in [0.2, 0.25) is 0 Å². The maximum absolute atomic E-state index is 5.07. The number of thioether (sulfide) groups is 1. The fraction of sp³-hybridized carbons (Fsp3) is 0.375. The molecule has 2 rings (SSSR count). The fourth-order valence-corrected chi connectivity index (χ4v) is 2.18. The number of allylic oxidation sites excluding steroid dienone is 2. The summed E-state index contributed by atoms with van der Waals surface area (Å²) in [4.78, 5) is 0. The highest BCUT2D eigenvalue weighted by Crippen LogP contribution is 2.24. The summed E-state index contributed by atoms with van der Waals surface area (Å²) in [6.07, 6.45) is 5.69. The predicted octanol–water partition coefficient (Wildman–Crippen LogP) is 1.28. The molecule has 0 saturated carbocycles. The van der Waals surface area contributed by atoms with Gasteiger partial charge in [-0.25, -0.2) is 0 Å². The van der Waals surface area contributed by atoms with Crippen LogP contribution < -0.4 is 5.32 Å². The van der Waals surface area contributed by atoms with Gasteiger partial charge < -0.3 is 10.1 Å². The molecule has 1 saturated heterocycles. The summed E-state index contributed by atoms with van der Waals surface area (Å²) in [5.74, 6) is 1.19. The van der Waals surface area contributed by atoms with Crippen molar-refractivity contribution in [1.82, 2.24) is 5.32 Å². The van der Waals surface area contributed by atoms with E-state index in [0.29, 0.717) is 5.37 Å². The summed E-state index contributed by atoms with van der Waals surface area (Å²) in [5.41, 5.74) is 1.23. The zero-order valence-electron chi connectivity index (χ0n) is 6.12. The van der Waals surface area contributed by atoms with Crippen molar-refractivity contribution in [2.45, 2.75) is 5.37 Å². The molecule has 59 valence electrons. The van der Waals surface area contributed by atoms with Gasteiger partial charge in [0.15, 0.2) is 6.61 Å². The van der Waals surface area contributed by atoms with Gasteiger partial charge in [-0.2, -0.15) is 0 Å². The Morgan fingerprint density at radius 3 is 3.27 bits per heavy atom. The molecule has 1 unspecified atom stereocenters. The molecular formula is C8H10NOS. The number of ether oxygens (including phenoxy) is 1. The average molecular weight is 168 g/mol. The molecular weight excluding hydrogens is 158 g/mol. The van der Waals surface area contributed by atoms with Crippen molar-refractivity contribution in [3.63, 3.8) is 0 Å². The summed E-state index contributed by atoms with van der Waals surface area (Å²) >= 11 is 1.92. The van der Waals surface area contributed by atoms with Gasteiger partial charge in [0.25, 0.3) is 0 Å². The molecule has 11 heavy (non-hydrogen) atoms. The van der Waals surface area contributed by atoms with Crippen molar-refractivity contribution < 1.29 is 4.74 Å². The lowest BCUT2D eigenvalue weighted by Crippen LogP contribution is -2.22. The van der Waals surface area contributed by atoms with Gasteiger partial charge in [0.1, 0.15) is 0 Å². The summed E-state index contributed by atoms with van der Waals surface area (Å²) in [6, 6.07) is 0. The van der Waals surface area contributed by atoms with Crippen LogP contribution in [-0.4, -0.2) is 17.7 Å². The third-order valence-electron chi connectivity index (χ3n) is 1.67. The molecule has 2 aliphatic heterocycles. The SMILES string of the molecule is [CH]1OC=CC=C1C1NCCS1. The Morgan fingerprint density at radius 1 is 1.64 bits per heavy atom. The summed E-state index contributed by atoms with van der Waals surface area (Å²) in [5, 5.41) is 3.82. The zero-order valence-corrected chi connectivity index (χ0v) is 6.93. The molecule has 1 atom stereocenters. The second-order valence-corrected chi connectivity index (χ2v) is 3.67. The smallest absolute Gasteiger partial charge is 0.162 e. The van der Waals surface area contributed by atoms with Gasteiger partial charge in [-0.1, -0.05) is 6.08 Å². The van der Waals surface area contributed by atoms with Gasteiger partial charge in [-0.3, -0.25) is 0 Å². The molecule has 0 aromatic rings. The second kappa shape index (κ2) is 3.32. The van der Waals surface area contributed by atoms with Crippen LogP contribution in [0.2, 0.25) is 0 Å². The van der Waals surface area contributed by atoms with Crippen LogP contribution in [0.15, 0.2) is 24.0 Å². The largest absolute Gasteiger partial charge is 0.489 e. The molecule has 0 amide bonds. The average Bonchev–Trinajstić information content (AvgIpc) is 2.58. The van der Waals surface area contributed by atoms with Crippen LogP contribution in [0, 0.1) is 6.61 Å². The standard InChI is InChI=1S/C8H10NOS/c1-2-7(6-10-4-1)8-9-3-5-11-8/h1-2,4,6,8-9H,3,5H2. The number of rotatable bonds is 1. The van der Waals surface area contributed by atoms with E-state index >= 15 is 0 Å². The van der Waals surface area contributed by atoms with E-state index < -0.39 is 0 Å². The molecule has 0 bridgehead atoms. The Morgan fingerprint density at radius 2 is 2.64 bits per heavy atom. The maximum Gasteiger partial charge on any atom is 0.162 e. The van der Waals surface area contributed by atoms with Gasteiger partial charge in [0, 0.05) is 17.9 Å². The van der Waals surface area contributed by atoms with E-state index in [1.165, 1.54) is 11.3 Å². The monoisotopic (exact) mass is 168 g/mol. The minimum atomic E-state index is 0.444. The second-order valence-electron chi connectivity index (χ2n) is 2.45. The molecule has 1 radical (unpaired) electrons. The quantitative estimate of drug-likeness (QED) is 0.637. The number of hydrogen-bond acceptors (Lipinski definition) is 3. The third kappa shape index (κ3) is 1.60. The van der Waals surface area contributed by atoms with Crippen LogP contribution in [0.3, 0.4) is 0 Å². The minimum Gasteiger partial charge on any atom is -0.489 e. The van der Waals surface area contributed by atoms with Crippen molar-refractivity contribution in [2.24, 2.45) is 0 Å². The minimum absolute atomic E-state index is 0.444. The zero-order chi connectivity index (χ0) is 7.52. The van der Waals surface area contributed by atoms with E-state index in [2.05, 4.69) is 11.4 Å². The number of hydrogen-bond donors (Lipinski definition) is 1. The van der Waals surface area contributed by atoms with Crippen LogP contribution in [0.5, 0.6) is 0 Å². The first kappa shape index (κ1) is 7.25. The molecule has 0 aliphatic carbocycles. The molecule has 0 spiro atoms. The molecule has 0 aromatic carbocycles. The lowest BCUT2D eigenvalue weighted by molar-refractivity contribution is 0.341. The van der Waals surface area contributed by atoms with E-state index in [1.54, 1.807) is 12.9 Å². The first-order valence-corrected chi connectivity index (χ1v) is 4.72. The summed E-state index contributed by atoms with van der Waals surface area (Å²) in [7, 11) is 0. The van der Waals surface area contributed by atoms with Crippen LogP contribution in [0.25, 0.3) is 0 Å². The van der Waals surface area contributed by atoms with Crippen LogP contribution in [-0.2, 0) is 4.74 Å². The highest BCUT2D eigenvalue weighted by molar-refractivity contribution is 8.00. The van der Waals surface area contributed by atoms with E-state index in [1.807, 2.05) is 17.8 Å². The predicted molar refractivity (Wildman–Crippen MR) is 46.9 cm³/mol. The Bertz CT molecular complexity index is 194. The van der Waals surface area contributed by atoms with Gasteiger partial charge in [-0.05, 0) is 6.08 Å². The number of nitrogens with one attached hydrogen (secondary N) is 1. The van der Waals surface area contributed by atoms with Crippen LogP contribution in [0.4, 0.5) is 0 Å².